The Balaban J connectivity index is 1.76. The van der Waals surface area contributed by atoms with Gasteiger partial charge in [0.1, 0.15) is 0 Å². The summed E-state index contributed by atoms with van der Waals surface area (Å²) in [4.78, 5) is 23.6. The summed E-state index contributed by atoms with van der Waals surface area (Å²) < 4.78 is 0. The van der Waals surface area contributed by atoms with Crippen LogP contribution in [0.3, 0.4) is 0 Å². The first-order valence-corrected chi connectivity index (χ1v) is 9.21. The zero-order valence-corrected chi connectivity index (χ0v) is 14.7. The number of hydrogen-bond acceptors (Lipinski definition) is 4. The molecule has 0 aromatic rings. The number of aliphatic hydroxyl groups is 2. The second-order valence-electron chi connectivity index (χ2n) is 8.92. The molecule has 0 amide bonds. The summed E-state index contributed by atoms with van der Waals surface area (Å²) >= 11 is 0. The van der Waals surface area contributed by atoms with Gasteiger partial charge in [0.2, 0.25) is 0 Å². The molecule has 3 saturated carbocycles. The minimum absolute atomic E-state index is 0.00202. The van der Waals surface area contributed by atoms with Crippen molar-refractivity contribution in [2.24, 2.45) is 28.6 Å². The Kier molecular flexibility index (Phi) is 3.42. The van der Waals surface area contributed by atoms with Crippen LogP contribution in [-0.2, 0) is 9.59 Å². The summed E-state index contributed by atoms with van der Waals surface area (Å²) in [5.41, 5.74) is -1.86. The summed E-state index contributed by atoms with van der Waals surface area (Å²) in [5, 5.41) is 31.6. The molecule has 4 aliphatic carbocycles. The molecule has 0 bridgehead atoms. The van der Waals surface area contributed by atoms with Gasteiger partial charge in [-0.25, -0.2) is 4.79 Å². The number of allylic oxidation sites excluding steroid dienone is 4. The number of carboxylic acids is 1. The zero-order valence-electron chi connectivity index (χ0n) is 14.7. The summed E-state index contributed by atoms with van der Waals surface area (Å²) in [5.74, 6) is -0.976. The van der Waals surface area contributed by atoms with Crippen LogP contribution >= 0.6 is 0 Å². The van der Waals surface area contributed by atoms with Crippen LogP contribution in [0.15, 0.2) is 23.8 Å². The predicted molar refractivity (Wildman–Crippen MR) is 90.6 cm³/mol. The Morgan fingerprint density at radius 2 is 2.00 bits per heavy atom. The van der Waals surface area contributed by atoms with Crippen LogP contribution in [0, 0.1) is 28.6 Å². The highest BCUT2D eigenvalue weighted by Gasteiger charge is 2.68. The van der Waals surface area contributed by atoms with Crippen LogP contribution in [-0.4, -0.2) is 38.8 Å². The fourth-order valence-corrected chi connectivity index (χ4v) is 6.68. The molecule has 3 N–H and O–H groups in total. The lowest BCUT2D eigenvalue weighted by Gasteiger charge is -2.59. The summed E-state index contributed by atoms with van der Waals surface area (Å²) in [7, 11) is 0. The fourth-order valence-electron chi connectivity index (χ4n) is 6.68. The van der Waals surface area contributed by atoms with Crippen molar-refractivity contribution in [1.29, 1.82) is 0 Å². The van der Waals surface area contributed by atoms with Gasteiger partial charge in [-0.3, -0.25) is 4.79 Å². The highest BCUT2D eigenvalue weighted by molar-refractivity contribution is 6.01. The first-order valence-electron chi connectivity index (χ1n) is 9.21. The molecular formula is C20H26O5. The number of carbonyl (C=O) groups excluding carboxylic acids is 1. The van der Waals surface area contributed by atoms with E-state index in [-0.39, 0.29) is 41.8 Å². The van der Waals surface area contributed by atoms with Crippen LogP contribution < -0.4 is 0 Å². The molecule has 0 heterocycles. The van der Waals surface area contributed by atoms with E-state index in [1.807, 2.05) is 13.0 Å². The quantitative estimate of drug-likeness (QED) is 0.676. The van der Waals surface area contributed by atoms with Crippen molar-refractivity contribution >= 4 is 11.8 Å². The molecule has 3 fully saturated rings. The molecule has 25 heavy (non-hydrogen) atoms. The molecule has 0 spiro atoms. The van der Waals surface area contributed by atoms with Gasteiger partial charge in [-0.05, 0) is 56.1 Å². The number of aliphatic hydroxyl groups excluding tert-OH is 1. The lowest BCUT2D eigenvalue weighted by atomic mass is 9.46. The molecule has 5 nitrogen and oxygen atoms in total. The first-order chi connectivity index (χ1) is 11.6. The van der Waals surface area contributed by atoms with Crippen LogP contribution in [0.2, 0.25) is 0 Å². The molecule has 136 valence electrons. The highest BCUT2D eigenvalue weighted by atomic mass is 16.4. The smallest absolute Gasteiger partial charge is 0.336 e. The van der Waals surface area contributed by atoms with Gasteiger partial charge in [0, 0.05) is 16.7 Å². The Bertz CT molecular complexity index is 709. The molecular weight excluding hydrogens is 320 g/mol. The standard InChI is InChI=1S/C20H26O5/c1-18-7-5-12(21)9-11(18)3-4-13-14-6-8-20(25,17(23)24)19(14,2)10-15(22)16(13)18/h5,7,9,13-16,22,25H,3-4,6,8,10H2,1-2H3,(H,23,24)/t13-,14+,15+,16-,18+,19+,20+/m1/s1. The molecule has 0 saturated heterocycles. The van der Waals surface area contributed by atoms with Crippen LogP contribution in [0.1, 0.15) is 46.0 Å². The van der Waals surface area contributed by atoms with E-state index in [2.05, 4.69) is 6.92 Å². The van der Waals surface area contributed by atoms with E-state index in [1.54, 1.807) is 12.2 Å². The Labute approximate surface area is 147 Å². The number of fused-ring (bicyclic) bond motifs is 5. The summed E-state index contributed by atoms with van der Waals surface area (Å²) in [6.07, 6.45) is 7.37. The lowest BCUT2D eigenvalue weighted by molar-refractivity contribution is -0.192. The van der Waals surface area contributed by atoms with Crippen molar-refractivity contribution < 1.29 is 24.9 Å². The van der Waals surface area contributed by atoms with E-state index in [9.17, 15) is 24.9 Å². The van der Waals surface area contributed by atoms with E-state index < -0.39 is 23.1 Å². The lowest BCUT2D eigenvalue weighted by Crippen LogP contribution is -2.61. The van der Waals surface area contributed by atoms with E-state index in [1.165, 1.54) is 0 Å². The zero-order chi connectivity index (χ0) is 18.2. The SMILES string of the molecule is C[C@]12C=CC(=O)C=C1CC[C@H]1[C@@H]2[C@@H](O)C[C@@]2(C)[C@H]1CC[C@]2(O)C(=O)O. The maximum absolute atomic E-state index is 11.8. The highest BCUT2D eigenvalue weighted by Crippen LogP contribution is 2.66. The first kappa shape index (κ1) is 17.0. The average Bonchev–Trinajstić information content (AvgIpc) is 2.80. The summed E-state index contributed by atoms with van der Waals surface area (Å²) in [6.45, 7) is 3.93. The third-order valence-corrected chi connectivity index (χ3v) is 8.00. The van der Waals surface area contributed by atoms with Crippen LogP contribution in [0.25, 0.3) is 0 Å². The van der Waals surface area contributed by atoms with Gasteiger partial charge in [0.15, 0.2) is 11.4 Å². The maximum atomic E-state index is 11.8. The normalized spacial score (nSPS) is 51.4. The molecule has 7 atom stereocenters. The third-order valence-electron chi connectivity index (χ3n) is 8.00. The molecule has 0 unspecified atom stereocenters. The molecule has 0 radical (unpaired) electrons. The maximum Gasteiger partial charge on any atom is 0.336 e. The summed E-state index contributed by atoms with van der Waals surface area (Å²) in [6, 6.07) is 0. The van der Waals surface area contributed by atoms with Gasteiger partial charge in [0.05, 0.1) is 6.10 Å². The minimum atomic E-state index is -1.76. The van der Waals surface area contributed by atoms with Crippen molar-refractivity contribution in [2.75, 3.05) is 0 Å². The largest absolute Gasteiger partial charge is 0.479 e. The second kappa shape index (κ2) is 5.04. The van der Waals surface area contributed by atoms with E-state index in [4.69, 9.17) is 0 Å². The monoisotopic (exact) mass is 346 g/mol. The van der Waals surface area contributed by atoms with E-state index in [0.29, 0.717) is 6.42 Å². The second-order valence-corrected chi connectivity index (χ2v) is 8.92. The van der Waals surface area contributed by atoms with Gasteiger partial charge in [0.25, 0.3) is 0 Å². The van der Waals surface area contributed by atoms with Gasteiger partial charge in [-0.15, -0.1) is 0 Å². The Hall–Kier alpha value is -1.46. The minimum Gasteiger partial charge on any atom is -0.479 e. The van der Waals surface area contributed by atoms with Crippen molar-refractivity contribution in [1.82, 2.24) is 0 Å². The van der Waals surface area contributed by atoms with Crippen molar-refractivity contribution in [3.05, 3.63) is 23.8 Å². The number of rotatable bonds is 1. The Morgan fingerprint density at radius 3 is 2.68 bits per heavy atom. The molecule has 4 rings (SSSR count). The number of aliphatic carboxylic acids is 1. The van der Waals surface area contributed by atoms with Crippen molar-refractivity contribution in [3.63, 3.8) is 0 Å². The van der Waals surface area contributed by atoms with Gasteiger partial charge < -0.3 is 15.3 Å². The van der Waals surface area contributed by atoms with Gasteiger partial charge in [-0.1, -0.05) is 25.5 Å². The van der Waals surface area contributed by atoms with Gasteiger partial charge in [-0.2, -0.15) is 0 Å². The van der Waals surface area contributed by atoms with E-state index in [0.717, 1.165) is 18.4 Å². The average molecular weight is 346 g/mol. The molecule has 0 aliphatic heterocycles. The number of carbonyl (C=O) groups is 2. The molecule has 0 aromatic carbocycles. The van der Waals surface area contributed by atoms with Crippen molar-refractivity contribution in [2.45, 2.75) is 57.7 Å². The third kappa shape index (κ3) is 1.97. The molecule has 4 aliphatic rings. The van der Waals surface area contributed by atoms with Crippen LogP contribution in [0.5, 0.6) is 0 Å². The number of ketones is 1. The van der Waals surface area contributed by atoms with Gasteiger partial charge >= 0.3 is 5.97 Å². The van der Waals surface area contributed by atoms with Crippen LogP contribution in [0.4, 0.5) is 0 Å². The molecule has 5 heteroatoms. The number of carboxylic acid groups (broad SMARTS) is 1. The van der Waals surface area contributed by atoms with Crippen molar-refractivity contribution in [3.8, 4) is 0 Å². The fraction of sp³-hybridized carbons (Fsp3) is 0.700. The topological polar surface area (TPSA) is 94.8 Å². The predicted octanol–water partition coefficient (Wildman–Crippen LogP) is 2.08. The van der Waals surface area contributed by atoms with E-state index >= 15 is 0 Å². The Morgan fingerprint density at radius 1 is 1.28 bits per heavy atom. The molecule has 0 aromatic heterocycles. The number of hydrogen-bond donors (Lipinski definition) is 3.